The highest BCUT2D eigenvalue weighted by Gasteiger charge is 2.33. The second-order valence-corrected chi connectivity index (χ2v) is 12.4. The van der Waals surface area contributed by atoms with Crippen LogP contribution in [-0.2, 0) is 10.0 Å². The zero-order valence-corrected chi connectivity index (χ0v) is 23.7. The summed E-state index contributed by atoms with van der Waals surface area (Å²) in [5.74, 6) is 0.538. The second kappa shape index (κ2) is 10.9. The van der Waals surface area contributed by atoms with Gasteiger partial charge in [-0.15, -0.1) is 0 Å². The molecule has 5 rings (SSSR count). The average Bonchev–Trinajstić information content (AvgIpc) is 2.90. The molecular formula is C29H35N5O4S. The third-order valence-electron chi connectivity index (χ3n) is 7.33. The van der Waals surface area contributed by atoms with Crippen molar-refractivity contribution in [1.29, 1.82) is 0 Å². The first-order chi connectivity index (χ1) is 18.6. The van der Waals surface area contributed by atoms with E-state index in [-0.39, 0.29) is 35.3 Å². The summed E-state index contributed by atoms with van der Waals surface area (Å²) in [4.78, 5) is 26.8. The summed E-state index contributed by atoms with van der Waals surface area (Å²) in [7, 11) is -4.06. The van der Waals surface area contributed by atoms with Crippen LogP contribution >= 0.6 is 0 Å². The third kappa shape index (κ3) is 5.91. The Morgan fingerprint density at radius 1 is 1.05 bits per heavy atom. The number of hydrogen-bond acceptors (Lipinski definition) is 7. The Morgan fingerprint density at radius 2 is 1.79 bits per heavy atom. The van der Waals surface area contributed by atoms with Crippen molar-refractivity contribution in [2.45, 2.75) is 45.1 Å². The summed E-state index contributed by atoms with van der Waals surface area (Å²) in [5.41, 5.74) is 3.78. The van der Waals surface area contributed by atoms with Gasteiger partial charge >= 0.3 is 0 Å². The molecule has 2 aliphatic rings. The molecule has 4 bridgehead atoms. The van der Waals surface area contributed by atoms with E-state index in [9.17, 15) is 13.2 Å². The van der Waals surface area contributed by atoms with E-state index >= 15 is 0 Å². The van der Waals surface area contributed by atoms with Crippen LogP contribution in [0.15, 0.2) is 53.4 Å². The van der Waals surface area contributed by atoms with Crippen molar-refractivity contribution >= 4 is 21.9 Å². The summed E-state index contributed by atoms with van der Waals surface area (Å²) in [5, 5.41) is 0. The largest absolute Gasteiger partial charge is 0.475 e. The molecule has 1 atom stereocenters. The normalized spacial score (nSPS) is 19.3. The van der Waals surface area contributed by atoms with E-state index < -0.39 is 10.0 Å². The monoisotopic (exact) mass is 549 g/mol. The zero-order chi connectivity index (χ0) is 27.7. The van der Waals surface area contributed by atoms with Crippen LogP contribution < -0.4 is 9.46 Å². The molecule has 1 saturated heterocycles. The lowest BCUT2D eigenvalue weighted by Crippen LogP contribution is -2.57. The van der Waals surface area contributed by atoms with E-state index in [0.29, 0.717) is 30.3 Å². The number of aromatic nitrogens is 2. The maximum atomic E-state index is 13.6. The number of sulfonamides is 1. The molecule has 0 spiro atoms. The quantitative estimate of drug-likeness (QED) is 0.522. The van der Waals surface area contributed by atoms with E-state index in [2.05, 4.69) is 33.4 Å². The SMILES string of the molecule is Cc1cccc(C)c1-c1cc2nc(n1)NS(=O)(=O)c1cccc(c1)C(=O)N1CCN(CCC(C)C)C[C@@H]1CO2. The predicted molar refractivity (Wildman–Crippen MR) is 150 cm³/mol. The van der Waals surface area contributed by atoms with Gasteiger partial charge in [-0.05, 0) is 62.1 Å². The number of carbonyl (C=O) groups excluding carboxylic acids is 1. The van der Waals surface area contributed by atoms with Gasteiger partial charge in [0, 0.05) is 36.8 Å². The summed E-state index contributed by atoms with van der Waals surface area (Å²) < 4.78 is 35.4. The second-order valence-electron chi connectivity index (χ2n) is 10.8. The number of rotatable bonds is 4. The number of carbonyl (C=O) groups is 1. The number of hydrogen-bond donors (Lipinski definition) is 1. The van der Waals surface area contributed by atoms with Gasteiger partial charge in [-0.3, -0.25) is 9.69 Å². The molecule has 1 amide bonds. The Bertz CT molecular complexity index is 1470. The number of fused-ring (bicyclic) bond motifs is 5. The van der Waals surface area contributed by atoms with Gasteiger partial charge in [-0.2, -0.15) is 4.98 Å². The smallest absolute Gasteiger partial charge is 0.264 e. The molecule has 1 fully saturated rings. The molecule has 2 aromatic carbocycles. The standard InChI is InChI=1S/C29H35N5O4S/c1-19(2)11-12-33-13-14-34-23(17-33)18-38-26-16-25(27-20(3)7-5-8-21(27)4)30-29(31-26)32-39(36,37)24-10-6-9-22(15-24)28(34)35/h5-10,15-16,19,23H,11-14,17-18H2,1-4H3,(H,30,31,32)/t23-/m1/s1. The Hall–Kier alpha value is -3.50. The lowest BCUT2D eigenvalue weighted by atomic mass is 10.00. The Morgan fingerprint density at radius 3 is 2.54 bits per heavy atom. The van der Waals surface area contributed by atoms with Crippen LogP contribution in [0.4, 0.5) is 5.95 Å². The van der Waals surface area contributed by atoms with Crippen molar-refractivity contribution < 1.29 is 17.9 Å². The summed E-state index contributed by atoms with van der Waals surface area (Å²) >= 11 is 0. The van der Waals surface area contributed by atoms with Crippen molar-refractivity contribution in [2.24, 2.45) is 5.92 Å². The molecule has 3 heterocycles. The first kappa shape index (κ1) is 27.1. The number of nitrogens with one attached hydrogen (secondary N) is 1. The van der Waals surface area contributed by atoms with Crippen LogP contribution in [0.5, 0.6) is 5.88 Å². The molecule has 0 radical (unpaired) electrons. The summed E-state index contributed by atoms with van der Waals surface area (Å²) in [6.45, 7) is 11.5. The number of benzene rings is 2. The maximum Gasteiger partial charge on any atom is 0.264 e. The van der Waals surface area contributed by atoms with Gasteiger partial charge in [0.15, 0.2) is 0 Å². The van der Waals surface area contributed by atoms with Crippen molar-refractivity contribution in [3.05, 3.63) is 65.2 Å². The van der Waals surface area contributed by atoms with Crippen molar-refractivity contribution in [2.75, 3.05) is 37.5 Å². The first-order valence-corrected chi connectivity index (χ1v) is 14.8. The van der Waals surface area contributed by atoms with Crippen LogP contribution in [0.3, 0.4) is 0 Å². The summed E-state index contributed by atoms with van der Waals surface area (Å²) in [6, 6.07) is 13.6. The molecule has 0 unspecified atom stereocenters. The number of ether oxygens (including phenoxy) is 1. The van der Waals surface area contributed by atoms with E-state index in [4.69, 9.17) is 4.74 Å². The van der Waals surface area contributed by atoms with E-state index in [0.717, 1.165) is 36.2 Å². The van der Waals surface area contributed by atoms with Crippen LogP contribution in [0.2, 0.25) is 0 Å². The molecule has 206 valence electrons. The van der Waals surface area contributed by atoms with Gasteiger partial charge in [0.2, 0.25) is 11.8 Å². The number of nitrogens with zero attached hydrogens (tertiary/aromatic N) is 4. The van der Waals surface area contributed by atoms with Gasteiger partial charge < -0.3 is 9.64 Å². The molecule has 1 N–H and O–H groups in total. The highest BCUT2D eigenvalue weighted by molar-refractivity contribution is 7.92. The van der Waals surface area contributed by atoms with Crippen molar-refractivity contribution in [3.8, 4) is 17.1 Å². The minimum Gasteiger partial charge on any atom is -0.475 e. The molecule has 39 heavy (non-hydrogen) atoms. The molecule has 0 aliphatic carbocycles. The first-order valence-electron chi connectivity index (χ1n) is 13.4. The molecular weight excluding hydrogens is 514 g/mol. The molecule has 2 aliphatic heterocycles. The Kier molecular flexibility index (Phi) is 7.59. The van der Waals surface area contributed by atoms with Crippen molar-refractivity contribution in [1.82, 2.24) is 19.8 Å². The number of aryl methyl sites for hydroxylation is 2. The Balaban J connectivity index is 1.58. The minimum atomic E-state index is -4.06. The minimum absolute atomic E-state index is 0.0248. The van der Waals surface area contributed by atoms with Crippen LogP contribution in [0, 0.1) is 19.8 Å². The fourth-order valence-electron chi connectivity index (χ4n) is 5.19. The number of piperazine rings is 1. The number of anilines is 1. The highest BCUT2D eigenvalue weighted by atomic mass is 32.2. The highest BCUT2D eigenvalue weighted by Crippen LogP contribution is 2.30. The third-order valence-corrected chi connectivity index (χ3v) is 8.66. The van der Waals surface area contributed by atoms with Crippen LogP contribution in [-0.4, -0.2) is 72.9 Å². The van der Waals surface area contributed by atoms with Crippen LogP contribution in [0.25, 0.3) is 11.3 Å². The Labute approximate surface area is 230 Å². The zero-order valence-electron chi connectivity index (χ0n) is 22.8. The van der Waals surface area contributed by atoms with Crippen LogP contribution in [0.1, 0.15) is 41.8 Å². The lowest BCUT2D eigenvalue weighted by molar-refractivity contribution is 0.0319. The molecule has 3 aromatic rings. The van der Waals surface area contributed by atoms with Gasteiger partial charge in [-0.1, -0.05) is 38.1 Å². The topological polar surface area (TPSA) is 105 Å². The van der Waals surface area contributed by atoms with Gasteiger partial charge in [0.05, 0.1) is 16.6 Å². The van der Waals surface area contributed by atoms with Gasteiger partial charge in [0.25, 0.3) is 15.9 Å². The predicted octanol–water partition coefficient (Wildman–Crippen LogP) is 4.13. The lowest BCUT2D eigenvalue weighted by Gasteiger charge is -2.41. The van der Waals surface area contributed by atoms with Gasteiger partial charge in [-0.25, -0.2) is 18.1 Å². The van der Waals surface area contributed by atoms with Gasteiger partial charge in [0.1, 0.15) is 6.61 Å². The molecule has 1 aromatic heterocycles. The summed E-state index contributed by atoms with van der Waals surface area (Å²) in [6.07, 6.45) is 1.07. The number of amides is 1. The van der Waals surface area contributed by atoms with E-state index in [1.165, 1.54) is 12.1 Å². The molecule has 10 heteroatoms. The molecule has 0 saturated carbocycles. The van der Waals surface area contributed by atoms with Crippen molar-refractivity contribution in [3.63, 3.8) is 0 Å². The fourth-order valence-corrected chi connectivity index (χ4v) is 6.18. The molecule has 9 nitrogen and oxygen atoms in total. The average molecular weight is 550 g/mol. The fraction of sp³-hybridized carbons (Fsp3) is 0.414. The maximum absolute atomic E-state index is 13.6. The van der Waals surface area contributed by atoms with E-state index in [1.54, 1.807) is 23.1 Å². The van der Waals surface area contributed by atoms with E-state index in [1.807, 2.05) is 32.0 Å².